The van der Waals surface area contributed by atoms with Gasteiger partial charge in [-0.25, -0.2) is 9.97 Å². The summed E-state index contributed by atoms with van der Waals surface area (Å²) >= 11 is 1.65. The molecule has 0 saturated carbocycles. The zero-order chi connectivity index (χ0) is 20.4. The maximum absolute atomic E-state index is 12.2. The minimum atomic E-state index is -0.137. The number of carbonyl (C=O) groups is 1. The zero-order valence-corrected chi connectivity index (χ0v) is 17.9. The fourth-order valence-electron chi connectivity index (χ4n) is 3.91. The van der Waals surface area contributed by atoms with Crippen LogP contribution in [0.5, 0.6) is 0 Å². The third-order valence-electron chi connectivity index (χ3n) is 5.26. The second-order valence-corrected chi connectivity index (χ2v) is 8.56. The molecule has 0 spiro atoms. The summed E-state index contributed by atoms with van der Waals surface area (Å²) in [6, 6.07) is 10.4. The van der Waals surface area contributed by atoms with Gasteiger partial charge in [0.15, 0.2) is 0 Å². The number of piperidine rings is 1. The van der Waals surface area contributed by atoms with Gasteiger partial charge in [0.2, 0.25) is 0 Å². The molecule has 3 heterocycles. The van der Waals surface area contributed by atoms with Gasteiger partial charge in [-0.05, 0) is 32.5 Å². The molecule has 1 aliphatic rings. The number of benzene rings is 1. The van der Waals surface area contributed by atoms with Gasteiger partial charge < -0.3 is 14.5 Å². The number of methoxy groups -OCH3 is 1. The van der Waals surface area contributed by atoms with Gasteiger partial charge in [0.05, 0.1) is 25.0 Å². The number of thiophene rings is 1. The van der Waals surface area contributed by atoms with Crippen LogP contribution in [0.25, 0.3) is 21.3 Å². The quantitative estimate of drug-likeness (QED) is 0.596. The van der Waals surface area contributed by atoms with Crippen LogP contribution in [0.3, 0.4) is 0 Å². The van der Waals surface area contributed by atoms with Gasteiger partial charge in [0.25, 0.3) is 0 Å². The van der Waals surface area contributed by atoms with Gasteiger partial charge in [-0.1, -0.05) is 30.3 Å². The van der Waals surface area contributed by atoms with E-state index in [9.17, 15) is 4.79 Å². The summed E-state index contributed by atoms with van der Waals surface area (Å²) in [5.74, 6) is 1.48. The summed E-state index contributed by atoms with van der Waals surface area (Å²) in [6.07, 6.45) is 1.80. The average molecular weight is 411 g/mol. The second kappa shape index (κ2) is 8.47. The van der Waals surface area contributed by atoms with Crippen LogP contribution in [-0.4, -0.2) is 55.1 Å². The second-order valence-electron chi connectivity index (χ2n) is 7.71. The summed E-state index contributed by atoms with van der Waals surface area (Å²) in [4.78, 5) is 27.3. The van der Waals surface area contributed by atoms with E-state index in [0.29, 0.717) is 13.1 Å². The number of carbonyl (C=O) groups excluding carboxylic acids is 1. The van der Waals surface area contributed by atoms with Crippen LogP contribution < -0.4 is 4.90 Å². The Morgan fingerprint density at radius 3 is 2.79 bits per heavy atom. The monoisotopic (exact) mass is 410 g/mol. The number of esters is 1. The van der Waals surface area contributed by atoms with E-state index >= 15 is 0 Å². The smallest absolute Gasteiger partial charge is 0.310 e. The molecule has 1 atom stereocenters. The van der Waals surface area contributed by atoms with E-state index in [0.717, 1.165) is 52.4 Å². The molecule has 0 amide bonds. The van der Waals surface area contributed by atoms with E-state index in [1.807, 2.05) is 32.3 Å². The van der Waals surface area contributed by atoms with Crippen LogP contribution in [0.15, 0.2) is 35.7 Å². The highest BCUT2D eigenvalue weighted by Gasteiger charge is 2.29. The Morgan fingerprint density at radius 1 is 1.28 bits per heavy atom. The molecule has 0 aliphatic carbocycles. The molecule has 0 bridgehead atoms. The summed E-state index contributed by atoms with van der Waals surface area (Å²) in [5, 5.41) is 3.24. The highest BCUT2D eigenvalue weighted by Crippen LogP contribution is 2.39. The van der Waals surface area contributed by atoms with E-state index in [1.54, 1.807) is 11.3 Å². The minimum absolute atomic E-state index is 0.116. The fourth-order valence-corrected chi connectivity index (χ4v) is 4.87. The van der Waals surface area contributed by atoms with Crippen molar-refractivity contribution in [3.63, 3.8) is 0 Å². The largest absolute Gasteiger partial charge is 0.469 e. The predicted octanol–water partition coefficient (Wildman–Crippen LogP) is 3.81. The van der Waals surface area contributed by atoms with Gasteiger partial charge in [0, 0.05) is 24.0 Å². The number of fused-ring (bicyclic) bond motifs is 1. The van der Waals surface area contributed by atoms with Crippen LogP contribution in [0, 0.1) is 5.92 Å². The highest BCUT2D eigenvalue weighted by molar-refractivity contribution is 7.17. The molecule has 1 aromatic carbocycles. The highest BCUT2D eigenvalue weighted by atomic mass is 32.1. The Labute approximate surface area is 175 Å². The molecular weight excluding hydrogens is 384 g/mol. The third-order valence-corrected chi connectivity index (χ3v) is 6.13. The van der Waals surface area contributed by atoms with E-state index in [-0.39, 0.29) is 11.9 Å². The Bertz CT molecular complexity index is 1000. The molecule has 6 nitrogen and oxygen atoms in total. The molecule has 0 radical (unpaired) electrons. The molecule has 3 aromatic rings. The van der Waals surface area contributed by atoms with E-state index in [1.165, 1.54) is 7.11 Å². The first-order valence-corrected chi connectivity index (χ1v) is 10.8. The number of nitrogens with zero attached hydrogens (tertiary/aromatic N) is 4. The molecule has 7 heteroatoms. The van der Waals surface area contributed by atoms with Gasteiger partial charge in [-0.15, -0.1) is 11.3 Å². The van der Waals surface area contributed by atoms with E-state index in [2.05, 4.69) is 27.3 Å². The first kappa shape index (κ1) is 19.8. The molecule has 1 fully saturated rings. The Balaban J connectivity index is 1.83. The van der Waals surface area contributed by atoms with Gasteiger partial charge in [-0.3, -0.25) is 4.79 Å². The lowest BCUT2D eigenvalue weighted by Gasteiger charge is -2.33. The first-order valence-electron chi connectivity index (χ1n) is 9.88. The minimum Gasteiger partial charge on any atom is -0.469 e. The number of hydrogen-bond donors (Lipinski definition) is 0. The average Bonchev–Trinajstić information content (AvgIpc) is 3.17. The van der Waals surface area contributed by atoms with Crippen LogP contribution in [0.2, 0.25) is 0 Å². The number of hydrogen-bond acceptors (Lipinski definition) is 7. The standard InChI is InChI=1S/C22H26N4O2S/c1-25(2)13-18-23-20(26-11-7-10-16(12-26)22(27)28-3)19-17(14-29-21(19)24-18)15-8-5-4-6-9-15/h4-6,8-9,14,16H,7,10-13H2,1-3H3/t16-/m0/s1. The number of anilines is 1. The molecular formula is C22H26N4O2S. The van der Waals surface area contributed by atoms with Crippen molar-refractivity contribution < 1.29 is 9.53 Å². The Hall–Kier alpha value is -2.51. The van der Waals surface area contributed by atoms with Crippen LogP contribution >= 0.6 is 11.3 Å². The number of aromatic nitrogens is 2. The molecule has 29 heavy (non-hydrogen) atoms. The Kier molecular flexibility index (Phi) is 5.78. The Morgan fingerprint density at radius 2 is 2.07 bits per heavy atom. The summed E-state index contributed by atoms with van der Waals surface area (Å²) < 4.78 is 5.01. The summed E-state index contributed by atoms with van der Waals surface area (Å²) in [7, 11) is 5.50. The van der Waals surface area contributed by atoms with Gasteiger partial charge in [0.1, 0.15) is 16.5 Å². The molecule has 0 unspecified atom stereocenters. The zero-order valence-electron chi connectivity index (χ0n) is 17.1. The van der Waals surface area contributed by atoms with Crippen molar-refractivity contribution in [3.05, 3.63) is 41.5 Å². The molecule has 152 valence electrons. The molecule has 0 N–H and O–H groups in total. The van der Waals surface area contributed by atoms with E-state index < -0.39 is 0 Å². The van der Waals surface area contributed by atoms with Crippen molar-refractivity contribution in [2.75, 3.05) is 39.2 Å². The van der Waals surface area contributed by atoms with Crippen LogP contribution in [-0.2, 0) is 16.1 Å². The van der Waals surface area contributed by atoms with Gasteiger partial charge >= 0.3 is 5.97 Å². The summed E-state index contributed by atoms with van der Waals surface area (Å²) in [6.45, 7) is 2.19. The van der Waals surface area contributed by atoms with Crippen molar-refractivity contribution >= 4 is 33.3 Å². The van der Waals surface area contributed by atoms with Crippen molar-refractivity contribution in [2.24, 2.45) is 5.92 Å². The lowest BCUT2D eigenvalue weighted by atomic mass is 9.97. The normalized spacial score (nSPS) is 17.1. The fraction of sp³-hybridized carbons (Fsp3) is 0.409. The number of ether oxygens (including phenoxy) is 1. The molecule has 1 aliphatic heterocycles. The van der Waals surface area contributed by atoms with Crippen LogP contribution in [0.1, 0.15) is 18.7 Å². The lowest BCUT2D eigenvalue weighted by Crippen LogP contribution is -2.40. The van der Waals surface area contributed by atoms with Crippen molar-refractivity contribution in [3.8, 4) is 11.1 Å². The SMILES string of the molecule is COC(=O)[C@H]1CCCN(c2nc(CN(C)C)nc3scc(-c4ccccc4)c23)C1. The molecule has 1 saturated heterocycles. The third kappa shape index (κ3) is 4.11. The lowest BCUT2D eigenvalue weighted by molar-refractivity contribution is -0.145. The van der Waals surface area contributed by atoms with E-state index in [4.69, 9.17) is 14.7 Å². The maximum atomic E-state index is 12.2. The predicted molar refractivity (Wildman–Crippen MR) is 117 cm³/mol. The van der Waals surface area contributed by atoms with Gasteiger partial charge in [-0.2, -0.15) is 0 Å². The number of rotatable bonds is 5. The van der Waals surface area contributed by atoms with Crippen molar-refractivity contribution in [2.45, 2.75) is 19.4 Å². The topological polar surface area (TPSA) is 58.6 Å². The molecule has 2 aromatic heterocycles. The first-order chi connectivity index (χ1) is 14.1. The van der Waals surface area contributed by atoms with Crippen LogP contribution in [0.4, 0.5) is 5.82 Å². The molecule has 4 rings (SSSR count). The maximum Gasteiger partial charge on any atom is 0.310 e. The van der Waals surface area contributed by atoms with Crippen molar-refractivity contribution in [1.29, 1.82) is 0 Å². The van der Waals surface area contributed by atoms with Crippen molar-refractivity contribution in [1.82, 2.24) is 14.9 Å². The summed E-state index contributed by atoms with van der Waals surface area (Å²) in [5.41, 5.74) is 2.31.